The van der Waals surface area contributed by atoms with Crippen molar-refractivity contribution in [2.75, 3.05) is 53.0 Å². The van der Waals surface area contributed by atoms with E-state index < -0.39 is 0 Å². The predicted molar refractivity (Wildman–Crippen MR) is 89.1 cm³/mol. The van der Waals surface area contributed by atoms with Crippen molar-refractivity contribution in [3.8, 4) is 0 Å². The topological polar surface area (TPSA) is 78.0 Å². The van der Waals surface area contributed by atoms with Gasteiger partial charge in [0.05, 0.1) is 19.8 Å². The highest BCUT2D eigenvalue weighted by Crippen LogP contribution is 2.14. The zero-order chi connectivity index (χ0) is 16.4. The van der Waals surface area contributed by atoms with Gasteiger partial charge in [-0.15, -0.1) is 0 Å². The average Bonchev–Trinajstić information content (AvgIpc) is 2.53. The number of rotatable bonds is 7. The summed E-state index contributed by atoms with van der Waals surface area (Å²) in [5, 5.41) is 9.16. The van der Waals surface area contributed by atoms with Gasteiger partial charge in [-0.05, 0) is 20.3 Å². The van der Waals surface area contributed by atoms with Crippen LogP contribution in [0.3, 0.4) is 0 Å². The summed E-state index contributed by atoms with van der Waals surface area (Å²) in [4.78, 5) is 18.2. The molecule has 7 heteroatoms. The Bertz CT molecular complexity index is 365. The van der Waals surface area contributed by atoms with Crippen LogP contribution in [-0.2, 0) is 9.53 Å². The highest BCUT2D eigenvalue weighted by atomic mass is 16.5. The Kier molecular flexibility index (Phi) is 8.19. The lowest BCUT2D eigenvalue weighted by atomic mass is 10.0. The van der Waals surface area contributed by atoms with Crippen LogP contribution in [0.25, 0.3) is 0 Å². The molecule has 0 atom stereocenters. The number of ether oxygens (including phenoxy) is 1. The molecule has 3 N–H and O–H groups in total. The summed E-state index contributed by atoms with van der Waals surface area (Å²) in [6.07, 6.45) is 0.937. The Morgan fingerprint density at radius 3 is 2.50 bits per heavy atom. The number of carbonyl (C=O) groups excluding carboxylic acids is 1. The maximum absolute atomic E-state index is 11.6. The molecule has 1 aliphatic rings. The Morgan fingerprint density at radius 2 is 1.91 bits per heavy atom. The van der Waals surface area contributed by atoms with Crippen molar-refractivity contribution in [3.63, 3.8) is 0 Å². The van der Waals surface area contributed by atoms with Gasteiger partial charge in [-0.1, -0.05) is 6.92 Å². The van der Waals surface area contributed by atoms with E-state index >= 15 is 0 Å². The van der Waals surface area contributed by atoms with E-state index in [-0.39, 0.29) is 18.0 Å². The number of amides is 1. The Hall–Kier alpha value is -1.34. The average molecular weight is 313 g/mol. The molecular weight excluding hydrogens is 282 g/mol. The second kappa shape index (κ2) is 9.63. The lowest BCUT2D eigenvalue weighted by Gasteiger charge is -2.41. The molecule has 0 saturated carbocycles. The largest absolute Gasteiger partial charge is 0.379 e. The van der Waals surface area contributed by atoms with Gasteiger partial charge in [0.2, 0.25) is 5.91 Å². The molecule has 7 nitrogen and oxygen atoms in total. The number of guanidine groups is 1. The number of nitrogens with zero attached hydrogens (tertiary/aromatic N) is 2. The van der Waals surface area contributed by atoms with Crippen molar-refractivity contribution in [3.05, 3.63) is 0 Å². The zero-order valence-corrected chi connectivity index (χ0v) is 14.4. The number of nitrogens with one attached hydrogen (secondary N) is 3. The monoisotopic (exact) mass is 313 g/mol. The van der Waals surface area contributed by atoms with Crippen molar-refractivity contribution in [2.45, 2.75) is 32.7 Å². The van der Waals surface area contributed by atoms with Crippen LogP contribution in [-0.4, -0.2) is 75.3 Å². The molecule has 0 aromatic carbocycles. The number of hydrogen-bond donors (Lipinski definition) is 3. The molecule has 1 heterocycles. The fourth-order valence-corrected chi connectivity index (χ4v) is 2.29. The molecule has 128 valence electrons. The van der Waals surface area contributed by atoms with Gasteiger partial charge in [-0.2, -0.15) is 0 Å². The summed E-state index contributed by atoms with van der Waals surface area (Å²) in [7, 11) is 1.71. The van der Waals surface area contributed by atoms with Crippen LogP contribution in [0.5, 0.6) is 0 Å². The maximum atomic E-state index is 11.6. The van der Waals surface area contributed by atoms with Gasteiger partial charge in [-0.3, -0.25) is 14.7 Å². The first-order valence-electron chi connectivity index (χ1n) is 8.03. The molecule has 0 aliphatic carbocycles. The predicted octanol–water partition coefficient (Wildman–Crippen LogP) is -0.212. The van der Waals surface area contributed by atoms with Crippen LogP contribution in [0.15, 0.2) is 4.99 Å². The molecule has 1 aliphatic heterocycles. The minimum atomic E-state index is -0.0164. The van der Waals surface area contributed by atoms with E-state index in [9.17, 15) is 4.79 Å². The summed E-state index contributed by atoms with van der Waals surface area (Å²) in [6.45, 7) is 11.6. The van der Waals surface area contributed by atoms with Gasteiger partial charge >= 0.3 is 0 Å². The molecule has 0 radical (unpaired) electrons. The summed E-state index contributed by atoms with van der Waals surface area (Å²) in [5.41, 5.74) is 0.00582. The van der Waals surface area contributed by atoms with E-state index in [0.717, 1.165) is 39.3 Å². The molecule has 0 bridgehead atoms. The van der Waals surface area contributed by atoms with E-state index in [4.69, 9.17) is 4.74 Å². The number of morpholine rings is 1. The third-order valence-electron chi connectivity index (χ3n) is 3.77. The maximum Gasteiger partial charge on any atom is 0.239 e. The highest BCUT2D eigenvalue weighted by molar-refractivity contribution is 5.86. The molecule has 0 aromatic rings. The Morgan fingerprint density at radius 1 is 1.23 bits per heavy atom. The summed E-state index contributed by atoms with van der Waals surface area (Å²) in [5.74, 6) is 0.630. The Labute approximate surface area is 133 Å². The van der Waals surface area contributed by atoms with Crippen molar-refractivity contribution in [2.24, 2.45) is 4.99 Å². The summed E-state index contributed by atoms with van der Waals surface area (Å²) < 4.78 is 5.40. The van der Waals surface area contributed by atoms with Crippen molar-refractivity contribution < 1.29 is 9.53 Å². The second-order valence-electron chi connectivity index (χ2n) is 6.04. The molecule has 0 unspecified atom stereocenters. The van der Waals surface area contributed by atoms with E-state index in [1.54, 1.807) is 7.05 Å². The molecule has 0 spiro atoms. The van der Waals surface area contributed by atoms with Crippen molar-refractivity contribution >= 4 is 11.9 Å². The molecule has 1 saturated heterocycles. The van der Waals surface area contributed by atoms with E-state index in [1.807, 2.05) is 6.92 Å². The Balaban J connectivity index is 2.34. The van der Waals surface area contributed by atoms with E-state index in [0.29, 0.717) is 12.5 Å². The number of hydrogen-bond acceptors (Lipinski definition) is 4. The summed E-state index contributed by atoms with van der Waals surface area (Å²) >= 11 is 0. The van der Waals surface area contributed by atoms with Crippen LogP contribution in [0.4, 0.5) is 0 Å². The first kappa shape index (κ1) is 18.7. The van der Waals surface area contributed by atoms with Gasteiger partial charge < -0.3 is 20.7 Å². The fourth-order valence-electron chi connectivity index (χ4n) is 2.29. The quantitative estimate of drug-likeness (QED) is 0.448. The van der Waals surface area contributed by atoms with Crippen molar-refractivity contribution in [1.82, 2.24) is 20.9 Å². The molecule has 22 heavy (non-hydrogen) atoms. The van der Waals surface area contributed by atoms with Gasteiger partial charge in [-0.25, -0.2) is 0 Å². The van der Waals surface area contributed by atoms with Crippen LogP contribution in [0.1, 0.15) is 27.2 Å². The first-order chi connectivity index (χ1) is 10.5. The van der Waals surface area contributed by atoms with Crippen LogP contribution < -0.4 is 16.0 Å². The lowest BCUT2D eigenvalue weighted by molar-refractivity contribution is -0.120. The minimum Gasteiger partial charge on any atom is -0.379 e. The van der Waals surface area contributed by atoms with E-state index in [2.05, 4.69) is 39.7 Å². The van der Waals surface area contributed by atoms with Crippen molar-refractivity contribution in [1.29, 1.82) is 0 Å². The smallest absolute Gasteiger partial charge is 0.239 e. The van der Waals surface area contributed by atoms with Crippen LogP contribution in [0.2, 0.25) is 0 Å². The molecule has 1 rings (SSSR count). The fraction of sp³-hybridized carbons (Fsp3) is 0.867. The normalized spacial score (nSPS) is 17.2. The highest BCUT2D eigenvalue weighted by Gasteiger charge is 2.28. The standard InChI is InChI=1S/C15H31N5O2/c1-5-6-17-13(21)11-18-14(16-4)19-12-15(2,3)20-7-9-22-10-8-20/h5-12H2,1-4H3,(H,17,21)(H2,16,18,19). The zero-order valence-electron chi connectivity index (χ0n) is 14.4. The minimum absolute atomic E-state index is 0.00582. The molecular formula is C15H31N5O2. The second-order valence-corrected chi connectivity index (χ2v) is 6.04. The summed E-state index contributed by atoms with van der Waals surface area (Å²) in [6, 6.07) is 0. The molecule has 1 amide bonds. The lowest BCUT2D eigenvalue weighted by Crippen LogP contribution is -2.56. The van der Waals surface area contributed by atoms with Crippen LogP contribution in [0, 0.1) is 0 Å². The van der Waals surface area contributed by atoms with Gasteiger partial charge in [0.15, 0.2) is 5.96 Å². The van der Waals surface area contributed by atoms with Gasteiger partial charge in [0, 0.05) is 38.8 Å². The molecule has 0 aromatic heterocycles. The third-order valence-corrected chi connectivity index (χ3v) is 3.77. The SMILES string of the molecule is CCCNC(=O)CNC(=NC)NCC(C)(C)N1CCOCC1. The number of aliphatic imine (C=N–C) groups is 1. The van der Waals surface area contributed by atoms with Gasteiger partial charge in [0.25, 0.3) is 0 Å². The number of carbonyl (C=O) groups is 1. The third kappa shape index (κ3) is 6.62. The van der Waals surface area contributed by atoms with E-state index in [1.165, 1.54) is 0 Å². The van der Waals surface area contributed by atoms with Crippen LogP contribution >= 0.6 is 0 Å². The molecule has 1 fully saturated rings. The van der Waals surface area contributed by atoms with Gasteiger partial charge in [0.1, 0.15) is 0 Å². The first-order valence-corrected chi connectivity index (χ1v) is 8.03.